The minimum Gasteiger partial charge on any atom is -0.394 e. The number of amides is 1. The average molecular weight is 500 g/mol. The lowest BCUT2D eigenvalue weighted by atomic mass is 9.59. The molecular formula is C31H41BN2O3. The fraction of sp³-hybridized carbons (Fsp3) is 0.516. The molecule has 5 nitrogen and oxygen atoms in total. The summed E-state index contributed by atoms with van der Waals surface area (Å²) in [6.45, 7) is 13.6. The Balaban J connectivity index is 0.00000137. The number of nitrogens with one attached hydrogen (secondary N) is 1. The van der Waals surface area contributed by atoms with Crippen molar-refractivity contribution in [1.29, 1.82) is 0 Å². The van der Waals surface area contributed by atoms with Crippen molar-refractivity contribution >= 4 is 34.7 Å². The van der Waals surface area contributed by atoms with Gasteiger partial charge in [-0.15, -0.1) is 0 Å². The Labute approximate surface area is 221 Å². The molecule has 1 saturated heterocycles. The van der Waals surface area contributed by atoms with Crippen LogP contribution in [-0.4, -0.2) is 40.1 Å². The molecule has 2 aliphatic heterocycles. The largest absolute Gasteiger partial charge is 0.394 e. The number of hydrogen-bond acceptors (Lipinski definition) is 3. The van der Waals surface area contributed by atoms with E-state index in [-0.39, 0.29) is 17.9 Å². The molecule has 1 aliphatic carbocycles. The SMILES string of the molecule is CC.CC12CB1c1cc(C3(C(=O)Nc4ccc5c(c4)cc(C(C)(C)C)n5CC(O)CO)CC3)ccc1C2. The number of aliphatic hydroxyl groups is 2. The van der Waals surface area contributed by atoms with Crippen LogP contribution in [0.1, 0.15) is 71.2 Å². The van der Waals surface area contributed by atoms with E-state index >= 15 is 0 Å². The van der Waals surface area contributed by atoms with Crippen LogP contribution in [0.25, 0.3) is 10.9 Å². The second kappa shape index (κ2) is 9.02. The summed E-state index contributed by atoms with van der Waals surface area (Å²) in [7, 11) is 0. The van der Waals surface area contributed by atoms with Gasteiger partial charge < -0.3 is 20.1 Å². The minimum atomic E-state index is -0.818. The maximum atomic E-state index is 13.5. The van der Waals surface area contributed by atoms with Gasteiger partial charge in [-0.05, 0) is 49.1 Å². The lowest BCUT2D eigenvalue weighted by Gasteiger charge is -2.23. The van der Waals surface area contributed by atoms with Crippen molar-refractivity contribution in [3.05, 3.63) is 59.3 Å². The van der Waals surface area contributed by atoms with E-state index in [1.54, 1.807) is 0 Å². The van der Waals surface area contributed by atoms with E-state index in [0.717, 1.165) is 35.1 Å². The smallest absolute Gasteiger partial charge is 0.235 e. The van der Waals surface area contributed by atoms with Gasteiger partial charge in [-0.1, -0.05) is 82.4 Å². The van der Waals surface area contributed by atoms with Gasteiger partial charge in [0.2, 0.25) is 5.91 Å². The molecule has 0 spiro atoms. The first-order chi connectivity index (χ1) is 17.5. The second-order valence-electron chi connectivity index (χ2n) is 12.5. The van der Waals surface area contributed by atoms with E-state index in [9.17, 15) is 15.0 Å². The summed E-state index contributed by atoms with van der Waals surface area (Å²) in [6.07, 6.45) is 3.44. The molecule has 196 valence electrons. The molecule has 3 aromatic rings. The van der Waals surface area contributed by atoms with Gasteiger partial charge in [-0.2, -0.15) is 0 Å². The number of rotatable bonds is 6. The molecule has 3 heterocycles. The van der Waals surface area contributed by atoms with Crippen molar-refractivity contribution in [2.45, 2.75) is 95.9 Å². The zero-order chi connectivity index (χ0) is 26.8. The summed E-state index contributed by atoms with van der Waals surface area (Å²) in [5.41, 5.74) is 6.47. The number of aromatic nitrogens is 1. The summed E-state index contributed by atoms with van der Waals surface area (Å²) < 4.78 is 2.08. The van der Waals surface area contributed by atoms with Crippen LogP contribution >= 0.6 is 0 Å². The van der Waals surface area contributed by atoms with Crippen molar-refractivity contribution in [2.75, 3.05) is 11.9 Å². The van der Waals surface area contributed by atoms with Gasteiger partial charge in [-0.25, -0.2) is 0 Å². The van der Waals surface area contributed by atoms with E-state index < -0.39 is 11.5 Å². The molecule has 1 amide bonds. The number of benzene rings is 2. The van der Waals surface area contributed by atoms with Gasteiger partial charge >= 0.3 is 0 Å². The van der Waals surface area contributed by atoms with Crippen LogP contribution in [0.2, 0.25) is 11.6 Å². The van der Waals surface area contributed by atoms with Crippen molar-refractivity contribution in [1.82, 2.24) is 4.57 Å². The number of carbonyl (C=O) groups excluding carboxylic acids is 1. The first kappa shape index (κ1) is 26.1. The molecule has 37 heavy (non-hydrogen) atoms. The molecule has 6 rings (SSSR count). The standard InChI is InChI=1S/C29H35BN2O3.C2H6/c1-27(2,3)25-12-19-11-21(7-8-24(19)32(25)15-22(34)16-33)31-26(35)29(9-10-29)20-6-5-18-14-28(4)17-30(28)23(18)13-20;1-2/h5-8,11-13,22,33-34H,9-10,14-17H2,1-4H3,(H,31,35);1-2H3. The molecule has 2 atom stereocenters. The van der Waals surface area contributed by atoms with Crippen molar-refractivity contribution in [3.8, 4) is 0 Å². The fourth-order valence-corrected chi connectivity index (χ4v) is 6.36. The quantitative estimate of drug-likeness (QED) is 0.416. The average Bonchev–Trinajstić information content (AvgIpc) is 3.75. The Morgan fingerprint density at radius 2 is 1.86 bits per heavy atom. The topological polar surface area (TPSA) is 74.5 Å². The molecule has 3 N–H and O–H groups in total. The summed E-state index contributed by atoms with van der Waals surface area (Å²) in [6, 6.07) is 14.9. The van der Waals surface area contributed by atoms with Gasteiger partial charge in [0.15, 0.2) is 6.71 Å². The predicted molar refractivity (Wildman–Crippen MR) is 153 cm³/mol. The Kier molecular flexibility index (Phi) is 6.36. The molecule has 6 heteroatoms. The zero-order valence-corrected chi connectivity index (χ0v) is 23.2. The third-order valence-electron chi connectivity index (χ3n) is 8.74. The summed E-state index contributed by atoms with van der Waals surface area (Å²) in [5.74, 6) is 0.0829. The van der Waals surface area contributed by atoms with Crippen LogP contribution in [-0.2, 0) is 28.6 Å². The highest BCUT2D eigenvalue weighted by Crippen LogP contribution is 2.60. The Morgan fingerprint density at radius 3 is 2.51 bits per heavy atom. The van der Waals surface area contributed by atoms with E-state index in [1.165, 1.54) is 29.3 Å². The first-order valence-corrected chi connectivity index (χ1v) is 13.9. The number of anilines is 1. The van der Waals surface area contributed by atoms with E-state index in [2.05, 4.69) is 61.8 Å². The monoisotopic (exact) mass is 500 g/mol. The van der Waals surface area contributed by atoms with Gasteiger partial charge in [-0.3, -0.25) is 4.79 Å². The van der Waals surface area contributed by atoms with Crippen LogP contribution < -0.4 is 10.8 Å². The van der Waals surface area contributed by atoms with Gasteiger partial charge in [0.25, 0.3) is 0 Å². The molecule has 1 aromatic heterocycles. The second-order valence-corrected chi connectivity index (χ2v) is 12.5. The number of fused-ring (bicyclic) bond motifs is 4. The van der Waals surface area contributed by atoms with Crippen molar-refractivity contribution in [3.63, 3.8) is 0 Å². The molecule has 2 fully saturated rings. The minimum absolute atomic E-state index is 0.0829. The molecule has 2 unspecified atom stereocenters. The van der Waals surface area contributed by atoms with Crippen LogP contribution in [0.5, 0.6) is 0 Å². The maximum absolute atomic E-state index is 13.5. The highest BCUT2D eigenvalue weighted by molar-refractivity contribution is 6.87. The Morgan fingerprint density at radius 1 is 1.14 bits per heavy atom. The fourth-order valence-electron chi connectivity index (χ4n) is 6.36. The van der Waals surface area contributed by atoms with E-state index in [0.29, 0.717) is 18.6 Å². The van der Waals surface area contributed by atoms with Gasteiger partial charge in [0, 0.05) is 27.7 Å². The third kappa shape index (κ3) is 4.42. The molecule has 0 bridgehead atoms. The van der Waals surface area contributed by atoms with Crippen LogP contribution in [0.15, 0.2) is 42.5 Å². The highest BCUT2D eigenvalue weighted by atomic mass is 16.3. The van der Waals surface area contributed by atoms with Crippen molar-refractivity contribution < 1.29 is 15.0 Å². The molecule has 1 saturated carbocycles. The lowest BCUT2D eigenvalue weighted by Crippen LogP contribution is -2.29. The van der Waals surface area contributed by atoms with Crippen LogP contribution in [0.4, 0.5) is 5.69 Å². The van der Waals surface area contributed by atoms with Crippen LogP contribution in [0, 0.1) is 0 Å². The Hall–Kier alpha value is -2.57. The number of aliphatic hydroxyl groups excluding tert-OH is 2. The number of carbonyl (C=O) groups is 1. The maximum Gasteiger partial charge on any atom is 0.235 e. The normalized spacial score (nSPS) is 21.6. The molecular weight excluding hydrogens is 459 g/mol. The third-order valence-corrected chi connectivity index (χ3v) is 8.74. The summed E-state index contributed by atoms with van der Waals surface area (Å²) in [4.78, 5) is 13.5. The lowest BCUT2D eigenvalue weighted by molar-refractivity contribution is -0.118. The summed E-state index contributed by atoms with van der Waals surface area (Å²) in [5, 5.41) is 24.2. The Bertz CT molecular complexity index is 1350. The first-order valence-electron chi connectivity index (χ1n) is 13.9. The van der Waals surface area contributed by atoms with Gasteiger partial charge in [0.1, 0.15) is 0 Å². The highest BCUT2D eigenvalue weighted by Gasteiger charge is 2.59. The number of hydrogen-bond donors (Lipinski definition) is 3. The summed E-state index contributed by atoms with van der Waals surface area (Å²) >= 11 is 0. The van der Waals surface area contributed by atoms with E-state index in [1.807, 2.05) is 32.0 Å². The van der Waals surface area contributed by atoms with Crippen LogP contribution in [0.3, 0.4) is 0 Å². The molecule has 0 radical (unpaired) electrons. The molecule has 3 aliphatic rings. The van der Waals surface area contributed by atoms with Crippen molar-refractivity contribution in [2.24, 2.45) is 0 Å². The number of nitrogens with zero attached hydrogens (tertiary/aromatic N) is 1. The van der Waals surface area contributed by atoms with E-state index in [4.69, 9.17) is 0 Å². The zero-order valence-electron chi connectivity index (χ0n) is 23.2. The van der Waals surface area contributed by atoms with Gasteiger partial charge in [0.05, 0.1) is 24.7 Å². The molecule has 2 aromatic carbocycles. The predicted octanol–water partition coefficient (Wildman–Crippen LogP) is 5.02.